The summed E-state index contributed by atoms with van der Waals surface area (Å²) in [6.45, 7) is 10.5. The van der Waals surface area contributed by atoms with Crippen LogP contribution < -0.4 is 4.74 Å². The lowest BCUT2D eigenvalue weighted by atomic mass is 10.0. The molecule has 3 nitrogen and oxygen atoms in total. The van der Waals surface area contributed by atoms with Crippen LogP contribution >= 0.6 is 0 Å². The van der Waals surface area contributed by atoms with Crippen molar-refractivity contribution in [2.45, 2.75) is 53.4 Å². The van der Waals surface area contributed by atoms with Crippen LogP contribution in [0.3, 0.4) is 0 Å². The van der Waals surface area contributed by atoms with E-state index in [1.54, 1.807) is 12.1 Å². The van der Waals surface area contributed by atoms with E-state index in [0.717, 1.165) is 49.2 Å². The molecule has 0 aliphatic rings. The molecule has 0 atom stereocenters. The Morgan fingerprint density at radius 1 is 1.05 bits per heavy atom. The van der Waals surface area contributed by atoms with Gasteiger partial charge in [-0.1, -0.05) is 25.5 Å². The lowest BCUT2D eigenvalue weighted by Crippen LogP contribution is -2.05. The first kappa shape index (κ1) is 18.6. The van der Waals surface area contributed by atoms with Gasteiger partial charge in [-0.15, -0.1) is 0 Å². The molecular formula is C19H30O3. The van der Waals surface area contributed by atoms with E-state index >= 15 is 0 Å². The van der Waals surface area contributed by atoms with Crippen molar-refractivity contribution in [1.29, 1.82) is 0 Å². The molecule has 0 spiro atoms. The van der Waals surface area contributed by atoms with Crippen LogP contribution in [0.4, 0.5) is 0 Å². The van der Waals surface area contributed by atoms with Crippen LogP contribution in [0, 0.1) is 0 Å². The maximum absolute atomic E-state index is 9.73. The summed E-state index contributed by atoms with van der Waals surface area (Å²) in [5.74, 6) is 1.28. The highest BCUT2D eigenvalue weighted by Crippen LogP contribution is 2.30. The maximum atomic E-state index is 9.73. The van der Waals surface area contributed by atoms with Crippen LogP contribution in [0.2, 0.25) is 0 Å². The summed E-state index contributed by atoms with van der Waals surface area (Å²) in [6.07, 6.45) is 5.79. The molecule has 0 aromatic heterocycles. The molecule has 0 fully saturated rings. The Balaban J connectivity index is 2.37. The number of benzene rings is 1. The average molecular weight is 306 g/mol. The molecule has 22 heavy (non-hydrogen) atoms. The van der Waals surface area contributed by atoms with Crippen molar-refractivity contribution < 1.29 is 14.6 Å². The third kappa shape index (κ3) is 6.52. The van der Waals surface area contributed by atoms with E-state index in [1.165, 1.54) is 5.57 Å². The zero-order chi connectivity index (χ0) is 16.4. The van der Waals surface area contributed by atoms with Crippen molar-refractivity contribution in [3.63, 3.8) is 0 Å². The van der Waals surface area contributed by atoms with Gasteiger partial charge in [0.2, 0.25) is 0 Å². The molecule has 0 radical (unpaired) electrons. The number of phenols is 1. The maximum Gasteiger partial charge on any atom is 0.125 e. The van der Waals surface area contributed by atoms with Gasteiger partial charge in [0, 0.05) is 6.61 Å². The van der Waals surface area contributed by atoms with Crippen LogP contribution in [-0.4, -0.2) is 24.9 Å². The van der Waals surface area contributed by atoms with E-state index in [0.29, 0.717) is 19.0 Å². The van der Waals surface area contributed by atoms with Crippen LogP contribution in [0.5, 0.6) is 11.5 Å². The summed E-state index contributed by atoms with van der Waals surface area (Å²) in [5, 5.41) is 9.73. The molecule has 1 N–H and O–H groups in total. The molecule has 1 aromatic carbocycles. The fourth-order valence-corrected chi connectivity index (χ4v) is 2.24. The SMILES string of the molecule is CCc1cc(O)cc(CC)c1OCCCCOCC=C(C)C. The van der Waals surface area contributed by atoms with Gasteiger partial charge in [0.1, 0.15) is 11.5 Å². The monoisotopic (exact) mass is 306 g/mol. The van der Waals surface area contributed by atoms with Crippen molar-refractivity contribution in [3.8, 4) is 11.5 Å². The number of unbranched alkanes of at least 4 members (excludes halogenated alkanes) is 1. The Hall–Kier alpha value is -1.48. The van der Waals surface area contributed by atoms with Gasteiger partial charge in [0.15, 0.2) is 0 Å². The fourth-order valence-electron chi connectivity index (χ4n) is 2.24. The summed E-state index contributed by atoms with van der Waals surface area (Å²) in [4.78, 5) is 0. The first-order chi connectivity index (χ1) is 10.6. The van der Waals surface area contributed by atoms with Gasteiger partial charge in [-0.2, -0.15) is 0 Å². The summed E-state index contributed by atoms with van der Waals surface area (Å²) in [6, 6.07) is 3.61. The van der Waals surface area contributed by atoms with Crippen molar-refractivity contribution in [1.82, 2.24) is 0 Å². The second-order valence-corrected chi connectivity index (χ2v) is 5.71. The minimum Gasteiger partial charge on any atom is -0.508 e. The summed E-state index contributed by atoms with van der Waals surface area (Å²) in [7, 11) is 0. The van der Waals surface area contributed by atoms with E-state index in [-0.39, 0.29) is 0 Å². The molecule has 3 heteroatoms. The number of allylic oxidation sites excluding steroid dienone is 1. The van der Waals surface area contributed by atoms with E-state index < -0.39 is 0 Å². The van der Waals surface area contributed by atoms with E-state index in [2.05, 4.69) is 33.8 Å². The molecular weight excluding hydrogens is 276 g/mol. The average Bonchev–Trinajstić information content (AvgIpc) is 2.49. The van der Waals surface area contributed by atoms with Crippen LogP contribution in [0.25, 0.3) is 0 Å². The largest absolute Gasteiger partial charge is 0.508 e. The molecule has 0 bridgehead atoms. The minimum atomic E-state index is 0.328. The van der Waals surface area contributed by atoms with Gasteiger partial charge in [-0.25, -0.2) is 0 Å². The zero-order valence-corrected chi connectivity index (χ0v) is 14.4. The molecule has 0 heterocycles. The van der Waals surface area contributed by atoms with Crippen LogP contribution in [0.15, 0.2) is 23.8 Å². The Bertz CT molecular complexity index is 449. The normalized spacial score (nSPS) is 10.5. The first-order valence-electron chi connectivity index (χ1n) is 8.27. The fraction of sp³-hybridized carbons (Fsp3) is 0.579. The topological polar surface area (TPSA) is 38.7 Å². The third-order valence-electron chi connectivity index (χ3n) is 3.53. The second-order valence-electron chi connectivity index (χ2n) is 5.71. The lowest BCUT2D eigenvalue weighted by Gasteiger charge is -2.15. The van der Waals surface area contributed by atoms with Gasteiger partial charge < -0.3 is 14.6 Å². The number of aromatic hydroxyl groups is 1. The zero-order valence-electron chi connectivity index (χ0n) is 14.4. The molecule has 0 aliphatic carbocycles. The van der Waals surface area contributed by atoms with Gasteiger partial charge in [0.25, 0.3) is 0 Å². The van der Waals surface area contributed by atoms with E-state index in [4.69, 9.17) is 9.47 Å². The van der Waals surface area contributed by atoms with Crippen molar-refractivity contribution in [2.75, 3.05) is 19.8 Å². The quantitative estimate of drug-likeness (QED) is 0.505. The second kappa shape index (κ2) is 10.3. The number of hydrogen-bond acceptors (Lipinski definition) is 3. The van der Waals surface area contributed by atoms with E-state index in [1.807, 2.05) is 0 Å². The van der Waals surface area contributed by atoms with Crippen molar-refractivity contribution in [3.05, 3.63) is 34.9 Å². The number of rotatable bonds is 10. The third-order valence-corrected chi connectivity index (χ3v) is 3.53. The first-order valence-corrected chi connectivity index (χ1v) is 8.27. The van der Waals surface area contributed by atoms with Crippen LogP contribution in [-0.2, 0) is 17.6 Å². The van der Waals surface area contributed by atoms with Gasteiger partial charge in [0.05, 0.1) is 13.2 Å². The molecule has 1 aromatic rings. The lowest BCUT2D eigenvalue weighted by molar-refractivity contribution is 0.151. The van der Waals surface area contributed by atoms with E-state index in [9.17, 15) is 5.11 Å². The highest BCUT2D eigenvalue weighted by molar-refractivity contribution is 5.47. The standard InChI is InChI=1S/C19H30O3/c1-5-16-13-18(20)14-17(6-2)19(16)22-11-8-7-10-21-12-9-15(3)4/h9,13-14,20H,5-8,10-12H2,1-4H3. The molecule has 0 amide bonds. The highest BCUT2D eigenvalue weighted by atomic mass is 16.5. The highest BCUT2D eigenvalue weighted by Gasteiger charge is 2.10. The van der Waals surface area contributed by atoms with Crippen molar-refractivity contribution in [2.24, 2.45) is 0 Å². The van der Waals surface area contributed by atoms with Gasteiger partial charge in [-0.3, -0.25) is 0 Å². The Kier molecular flexibility index (Phi) is 8.68. The van der Waals surface area contributed by atoms with Crippen LogP contribution in [0.1, 0.15) is 51.7 Å². The molecule has 0 saturated heterocycles. The summed E-state index contributed by atoms with van der Waals surface area (Å²) < 4.78 is 11.5. The molecule has 1 rings (SSSR count). The van der Waals surface area contributed by atoms with Crippen molar-refractivity contribution >= 4 is 0 Å². The number of hydrogen-bond donors (Lipinski definition) is 1. The molecule has 0 aliphatic heterocycles. The van der Waals surface area contributed by atoms with Gasteiger partial charge in [-0.05, 0) is 62.8 Å². The number of aryl methyl sites for hydroxylation is 2. The smallest absolute Gasteiger partial charge is 0.125 e. The molecule has 0 saturated carbocycles. The predicted octanol–water partition coefficient (Wildman–Crippen LogP) is 4.66. The summed E-state index contributed by atoms with van der Waals surface area (Å²) >= 11 is 0. The predicted molar refractivity (Wildman–Crippen MR) is 91.8 cm³/mol. The molecule has 124 valence electrons. The van der Waals surface area contributed by atoms with Gasteiger partial charge >= 0.3 is 0 Å². The summed E-state index contributed by atoms with van der Waals surface area (Å²) in [5.41, 5.74) is 3.45. The Labute approximate surface area is 135 Å². The Morgan fingerprint density at radius 2 is 1.64 bits per heavy atom. The Morgan fingerprint density at radius 3 is 2.18 bits per heavy atom. The molecule has 0 unspecified atom stereocenters. The number of phenolic OH excluding ortho intramolecular Hbond substituents is 1. The number of ether oxygens (including phenoxy) is 2. The minimum absolute atomic E-state index is 0.328.